The van der Waals surface area contributed by atoms with Crippen LogP contribution in [0.5, 0.6) is 0 Å². The Hall–Kier alpha value is -2.86. The van der Waals surface area contributed by atoms with Crippen LogP contribution >= 0.6 is 0 Å². The number of alkyl carbamates (subject to hydrolysis) is 1. The summed E-state index contributed by atoms with van der Waals surface area (Å²) in [7, 11) is 1.38. The molecule has 0 aromatic heterocycles. The van der Waals surface area contributed by atoms with Gasteiger partial charge in [0.2, 0.25) is 0 Å². The van der Waals surface area contributed by atoms with Crippen LogP contribution in [0.2, 0.25) is 0 Å². The fourth-order valence-corrected chi connectivity index (χ4v) is 3.10. The number of carbonyl (C=O) groups excluding carboxylic acids is 2. The number of amides is 1. The van der Waals surface area contributed by atoms with E-state index in [0.717, 1.165) is 24.0 Å². The summed E-state index contributed by atoms with van der Waals surface area (Å²) >= 11 is 0. The molecule has 0 saturated heterocycles. The number of methoxy groups -OCH3 is 1. The molecule has 0 aliphatic heterocycles. The molecule has 1 fully saturated rings. The minimum Gasteiger partial charge on any atom is -0.468 e. The first-order valence-electron chi connectivity index (χ1n) is 9.01. The fourth-order valence-electron chi connectivity index (χ4n) is 3.10. The van der Waals surface area contributed by atoms with Crippen molar-refractivity contribution in [2.75, 3.05) is 7.11 Å². The van der Waals surface area contributed by atoms with Crippen molar-refractivity contribution in [3.63, 3.8) is 0 Å². The summed E-state index contributed by atoms with van der Waals surface area (Å²) in [4.78, 5) is 24.0. The lowest BCUT2D eigenvalue weighted by Gasteiger charge is -2.38. The van der Waals surface area contributed by atoms with Gasteiger partial charge in [0.25, 0.3) is 0 Å². The van der Waals surface area contributed by atoms with Crippen molar-refractivity contribution >= 4 is 12.1 Å². The molecule has 2 aromatic carbocycles. The average molecular weight is 368 g/mol. The second kappa shape index (κ2) is 9.19. The van der Waals surface area contributed by atoms with E-state index in [1.807, 2.05) is 60.7 Å². The van der Waals surface area contributed by atoms with Crippen LogP contribution < -0.4 is 10.6 Å². The summed E-state index contributed by atoms with van der Waals surface area (Å²) in [5.74, 6) is -0.320. The van der Waals surface area contributed by atoms with Gasteiger partial charge >= 0.3 is 12.1 Å². The number of esters is 1. The van der Waals surface area contributed by atoms with Crippen molar-refractivity contribution < 1.29 is 19.1 Å². The van der Waals surface area contributed by atoms with Gasteiger partial charge in [0, 0.05) is 12.1 Å². The Labute approximate surface area is 158 Å². The molecule has 1 saturated carbocycles. The molecule has 0 bridgehead atoms. The summed E-state index contributed by atoms with van der Waals surface area (Å²) in [6, 6.07) is 18.7. The molecular weight excluding hydrogens is 344 g/mol. The minimum atomic E-state index is -0.507. The van der Waals surface area contributed by atoms with E-state index in [4.69, 9.17) is 9.47 Å². The van der Waals surface area contributed by atoms with Gasteiger partial charge in [-0.15, -0.1) is 0 Å². The highest BCUT2D eigenvalue weighted by molar-refractivity contribution is 5.77. The highest BCUT2D eigenvalue weighted by Crippen LogP contribution is 2.25. The Morgan fingerprint density at radius 3 is 2.26 bits per heavy atom. The van der Waals surface area contributed by atoms with E-state index >= 15 is 0 Å². The van der Waals surface area contributed by atoms with Crippen molar-refractivity contribution in [1.82, 2.24) is 10.6 Å². The first-order chi connectivity index (χ1) is 13.2. The van der Waals surface area contributed by atoms with Crippen LogP contribution in [0, 0.1) is 0 Å². The standard InChI is InChI=1S/C21H24N2O4/c1-26-20(24)19(16-10-6-3-7-11-16)22-17-12-18(13-17)23-21(25)27-14-15-8-4-2-5-9-15/h2-11,17-19,22H,12-14H2,1H3,(H,23,25). The molecule has 142 valence electrons. The third kappa shape index (κ3) is 5.31. The van der Waals surface area contributed by atoms with Crippen molar-refractivity contribution in [3.8, 4) is 0 Å². The zero-order valence-electron chi connectivity index (χ0n) is 15.3. The number of rotatable bonds is 7. The highest BCUT2D eigenvalue weighted by atomic mass is 16.5. The second-order valence-corrected chi connectivity index (χ2v) is 6.60. The number of nitrogens with one attached hydrogen (secondary N) is 2. The van der Waals surface area contributed by atoms with Crippen molar-refractivity contribution in [1.29, 1.82) is 0 Å². The highest BCUT2D eigenvalue weighted by Gasteiger charge is 2.34. The van der Waals surface area contributed by atoms with Crippen LogP contribution in [0.1, 0.15) is 30.0 Å². The molecule has 1 unspecified atom stereocenters. The Kier molecular flexibility index (Phi) is 6.44. The maximum atomic E-state index is 12.1. The van der Waals surface area contributed by atoms with Gasteiger partial charge in [-0.3, -0.25) is 5.32 Å². The predicted octanol–water partition coefficient (Wildman–Crippen LogP) is 2.95. The minimum absolute atomic E-state index is 0.0415. The van der Waals surface area contributed by atoms with Crippen molar-refractivity contribution in [3.05, 3.63) is 71.8 Å². The molecule has 0 heterocycles. The molecule has 6 nitrogen and oxygen atoms in total. The summed E-state index contributed by atoms with van der Waals surface area (Å²) in [5.41, 5.74) is 1.81. The van der Waals surface area contributed by atoms with Crippen LogP contribution in [0.3, 0.4) is 0 Å². The van der Waals surface area contributed by atoms with Crippen LogP contribution in [0.15, 0.2) is 60.7 Å². The zero-order valence-corrected chi connectivity index (χ0v) is 15.3. The first kappa shape index (κ1) is 18.9. The number of hydrogen-bond donors (Lipinski definition) is 2. The molecule has 6 heteroatoms. The van der Waals surface area contributed by atoms with E-state index in [0.29, 0.717) is 0 Å². The molecule has 1 aliphatic carbocycles. The molecule has 2 N–H and O–H groups in total. The molecule has 2 aromatic rings. The molecule has 1 amide bonds. The quantitative estimate of drug-likeness (QED) is 0.735. The van der Waals surface area contributed by atoms with Gasteiger partial charge in [0.05, 0.1) is 7.11 Å². The van der Waals surface area contributed by atoms with Crippen molar-refractivity contribution in [2.24, 2.45) is 0 Å². The predicted molar refractivity (Wildman–Crippen MR) is 101 cm³/mol. The Morgan fingerprint density at radius 2 is 1.63 bits per heavy atom. The maximum absolute atomic E-state index is 12.1. The van der Waals surface area contributed by atoms with Crippen LogP contribution in [-0.4, -0.2) is 31.3 Å². The summed E-state index contributed by atoms with van der Waals surface area (Å²) < 4.78 is 10.1. The van der Waals surface area contributed by atoms with E-state index in [9.17, 15) is 9.59 Å². The lowest BCUT2D eigenvalue weighted by molar-refractivity contribution is -0.143. The lowest BCUT2D eigenvalue weighted by Crippen LogP contribution is -2.54. The number of benzene rings is 2. The van der Waals surface area contributed by atoms with E-state index in [2.05, 4.69) is 10.6 Å². The van der Waals surface area contributed by atoms with Crippen LogP contribution in [0.25, 0.3) is 0 Å². The lowest BCUT2D eigenvalue weighted by atomic mass is 9.86. The van der Waals surface area contributed by atoms with E-state index in [-0.39, 0.29) is 24.7 Å². The maximum Gasteiger partial charge on any atom is 0.407 e. The smallest absolute Gasteiger partial charge is 0.407 e. The molecule has 1 aliphatic rings. The van der Waals surface area contributed by atoms with Gasteiger partial charge in [0.15, 0.2) is 0 Å². The monoisotopic (exact) mass is 368 g/mol. The van der Waals surface area contributed by atoms with E-state index in [1.165, 1.54) is 7.11 Å². The van der Waals surface area contributed by atoms with Crippen LogP contribution in [-0.2, 0) is 20.9 Å². The Balaban J connectivity index is 1.43. The topological polar surface area (TPSA) is 76.7 Å². The SMILES string of the molecule is COC(=O)C(NC1CC(NC(=O)OCc2ccccc2)C1)c1ccccc1. The van der Waals surface area contributed by atoms with E-state index < -0.39 is 12.1 Å². The van der Waals surface area contributed by atoms with Crippen LogP contribution in [0.4, 0.5) is 4.79 Å². The molecule has 3 rings (SSSR count). The first-order valence-corrected chi connectivity index (χ1v) is 9.01. The third-order valence-corrected chi connectivity index (χ3v) is 4.64. The van der Waals surface area contributed by atoms with Gasteiger partial charge in [-0.05, 0) is 24.0 Å². The van der Waals surface area contributed by atoms with Gasteiger partial charge in [-0.2, -0.15) is 0 Å². The molecule has 1 atom stereocenters. The molecule has 0 spiro atoms. The Morgan fingerprint density at radius 1 is 1.00 bits per heavy atom. The Bertz CT molecular complexity index is 745. The van der Waals surface area contributed by atoms with E-state index in [1.54, 1.807) is 0 Å². The number of ether oxygens (including phenoxy) is 2. The fraction of sp³-hybridized carbons (Fsp3) is 0.333. The largest absolute Gasteiger partial charge is 0.468 e. The van der Waals surface area contributed by atoms with Gasteiger partial charge in [-0.25, -0.2) is 9.59 Å². The summed E-state index contributed by atoms with van der Waals surface area (Å²) in [6.07, 6.45) is 1.05. The zero-order chi connectivity index (χ0) is 19.1. The molecule has 0 radical (unpaired) electrons. The van der Waals surface area contributed by atoms with Gasteiger partial charge in [-0.1, -0.05) is 60.7 Å². The summed E-state index contributed by atoms with van der Waals surface area (Å²) in [6.45, 7) is 0.249. The van der Waals surface area contributed by atoms with Gasteiger partial charge in [0.1, 0.15) is 12.6 Å². The molecular formula is C21H24N2O4. The average Bonchev–Trinajstić information content (AvgIpc) is 2.69. The van der Waals surface area contributed by atoms with Gasteiger partial charge < -0.3 is 14.8 Å². The number of carbonyl (C=O) groups is 2. The second-order valence-electron chi connectivity index (χ2n) is 6.60. The summed E-state index contributed by atoms with van der Waals surface area (Å²) in [5, 5.41) is 6.17. The van der Waals surface area contributed by atoms with Crippen molar-refractivity contribution in [2.45, 2.75) is 37.6 Å². The molecule has 27 heavy (non-hydrogen) atoms. The number of hydrogen-bond acceptors (Lipinski definition) is 5. The normalized spacial score (nSPS) is 19.4. The third-order valence-electron chi connectivity index (χ3n) is 4.64.